The minimum atomic E-state index is 0.133. The van der Waals surface area contributed by atoms with Crippen molar-refractivity contribution >= 4 is 5.69 Å². The summed E-state index contributed by atoms with van der Waals surface area (Å²) in [5.41, 5.74) is 2.57. The molecule has 2 unspecified atom stereocenters. The normalized spacial score (nSPS) is 23.9. The summed E-state index contributed by atoms with van der Waals surface area (Å²) in [6.45, 7) is 14.4. The molecule has 3 nitrogen and oxygen atoms in total. The lowest BCUT2D eigenvalue weighted by Crippen LogP contribution is -2.35. The van der Waals surface area contributed by atoms with Crippen LogP contribution in [-0.2, 0) is 6.54 Å². The molecule has 2 atom stereocenters. The maximum atomic E-state index is 4.46. The van der Waals surface area contributed by atoms with Crippen LogP contribution in [0.3, 0.4) is 0 Å². The number of rotatable bonds is 3. The van der Waals surface area contributed by atoms with Crippen molar-refractivity contribution in [2.75, 3.05) is 18.0 Å². The summed E-state index contributed by atoms with van der Waals surface area (Å²) in [6.07, 6.45) is 1.93. The van der Waals surface area contributed by atoms with Gasteiger partial charge in [-0.25, -0.2) is 0 Å². The van der Waals surface area contributed by atoms with Crippen molar-refractivity contribution < 1.29 is 0 Å². The Hall–Kier alpha value is -1.09. The third-order valence-corrected chi connectivity index (χ3v) is 3.95. The van der Waals surface area contributed by atoms with Gasteiger partial charge in [-0.3, -0.25) is 4.98 Å². The Labute approximate surface area is 117 Å². The van der Waals surface area contributed by atoms with E-state index < -0.39 is 0 Å². The number of hydrogen-bond donors (Lipinski definition) is 1. The molecule has 0 aromatic carbocycles. The van der Waals surface area contributed by atoms with Gasteiger partial charge in [0.2, 0.25) is 0 Å². The predicted octanol–water partition coefficient (Wildman–Crippen LogP) is 3.06. The monoisotopic (exact) mass is 261 g/mol. The largest absolute Gasteiger partial charge is 0.371 e. The zero-order chi connectivity index (χ0) is 14.0. The number of hydrogen-bond acceptors (Lipinski definition) is 3. The minimum absolute atomic E-state index is 0.133. The molecule has 19 heavy (non-hydrogen) atoms. The van der Waals surface area contributed by atoms with E-state index in [0.717, 1.165) is 37.2 Å². The fourth-order valence-corrected chi connectivity index (χ4v) is 2.46. The van der Waals surface area contributed by atoms with Crippen LogP contribution in [0.1, 0.15) is 40.3 Å². The van der Waals surface area contributed by atoms with E-state index in [4.69, 9.17) is 0 Å². The maximum absolute atomic E-state index is 4.46. The average molecular weight is 261 g/mol. The standard InChI is InChI=1S/C16H27N3/c1-12-10-19(11-13(12)2)15-6-7-17-14(8-15)9-18-16(3,4)5/h6-8,12-13,18H,9-11H2,1-5H3. The van der Waals surface area contributed by atoms with Crippen LogP contribution >= 0.6 is 0 Å². The number of anilines is 1. The highest BCUT2D eigenvalue weighted by atomic mass is 15.2. The van der Waals surface area contributed by atoms with Crippen LogP contribution in [0.4, 0.5) is 5.69 Å². The van der Waals surface area contributed by atoms with Gasteiger partial charge in [0.1, 0.15) is 0 Å². The highest BCUT2D eigenvalue weighted by Crippen LogP contribution is 2.27. The molecule has 3 heteroatoms. The van der Waals surface area contributed by atoms with Crippen molar-refractivity contribution in [2.45, 2.75) is 46.7 Å². The van der Waals surface area contributed by atoms with Gasteiger partial charge in [0, 0.05) is 37.1 Å². The Bertz CT molecular complexity index is 412. The van der Waals surface area contributed by atoms with Gasteiger partial charge in [0.15, 0.2) is 0 Å². The second kappa shape index (κ2) is 5.49. The van der Waals surface area contributed by atoms with Gasteiger partial charge >= 0.3 is 0 Å². The summed E-state index contributed by atoms with van der Waals surface area (Å²) < 4.78 is 0. The smallest absolute Gasteiger partial charge is 0.0562 e. The number of aromatic nitrogens is 1. The molecule has 1 aliphatic heterocycles. The van der Waals surface area contributed by atoms with Crippen LogP contribution < -0.4 is 10.2 Å². The van der Waals surface area contributed by atoms with E-state index in [1.165, 1.54) is 5.69 Å². The van der Waals surface area contributed by atoms with Crippen molar-refractivity contribution in [3.05, 3.63) is 24.0 Å². The zero-order valence-corrected chi connectivity index (χ0v) is 12.9. The van der Waals surface area contributed by atoms with Gasteiger partial charge < -0.3 is 10.2 Å². The summed E-state index contributed by atoms with van der Waals surface area (Å²) in [7, 11) is 0. The molecule has 1 fully saturated rings. The van der Waals surface area contributed by atoms with Gasteiger partial charge in [-0.1, -0.05) is 13.8 Å². The third-order valence-electron chi connectivity index (χ3n) is 3.95. The van der Waals surface area contributed by atoms with Crippen LogP contribution in [0, 0.1) is 11.8 Å². The summed E-state index contributed by atoms with van der Waals surface area (Å²) in [5.74, 6) is 1.56. The van der Waals surface area contributed by atoms with Crippen LogP contribution in [0.25, 0.3) is 0 Å². The molecule has 0 radical (unpaired) electrons. The first-order valence-corrected chi connectivity index (χ1v) is 7.30. The molecule has 0 spiro atoms. The Morgan fingerprint density at radius 3 is 2.47 bits per heavy atom. The Morgan fingerprint density at radius 1 is 1.26 bits per heavy atom. The van der Waals surface area contributed by atoms with Crippen LogP contribution in [0.2, 0.25) is 0 Å². The fraction of sp³-hybridized carbons (Fsp3) is 0.688. The maximum Gasteiger partial charge on any atom is 0.0562 e. The summed E-state index contributed by atoms with van der Waals surface area (Å²) >= 11 is 0. The van der Waals surface area contributed by atoms with E-state index in [-0.39, 0.29) is 5.54 Å². The topological polar surface area (TPSA) is 28.2 Å². The van der Waals surface area contributed by atoms with Crippen molar-refractivity contribution in [1.82, 2.24) is 10.3 Å². The lowest BCUT2D eigenvalue weighted by atomic mass is 10.0. The summed E-state index contributed by atoms with van der Waals surface area (Å²) in [4.78, 5) is 6.95. The van der Waals surface area contributed by atoms with Gasteiger partial charge in [0.25, 0.3) is 0 Å². The average Bonchev–Trinajstić information content (AvgIpc) is 2.67. The first kappa shape index (κ1) is 14.3. The fourth-order valence-electron chi connectivity index (χ4n) is 2.46. The molecule has 0 amide bonds. The Morgan fingerprint density at radius 2 is 1.89 bits per heavy atom. The molecule has 1 saturated heterocycles. The van der Waals surface area contributed by atoms with Crippen LogP contribution in [-0.4, -0.2) is 23.6 Å². The molecule has 0 saturated carbocycles. The SMILES string of the molecule is CC1CN(c2ccnc(CNC(C)(C)C)c2)CC1C. The molecular weight excluding hydrogens is 234 g/mol. The molecule has 1 N–H and O–H groups in total. The van der Waals surface area contributed by atoms with Gasteiger partial charge in [-0.05, 0) is 44.7 Å². The number of nitrogens with one attached hydrogen (secondary N) is 1. The van der Waals surface area contributed by atoms with Crippen molar-refractivity contribution in [1.29, 1.82) is 0 Å². The van der Waals surface area contributed by atoms with Crippen molar-refractivity contribution in [3.63, 3.8) is 0 Å². The highest BCUT2D eigenvalue weighted by Gasteiger charge is 2.26. The van der Waals surface area contributed by atoms with Crippen molar-refractivity contribution in [3.8, 4) is 0 Å². The van der Waals surface area contributed by atoms with Gasteiger partial charge in [-0.2, -0.15) is 0 Å². The summed E-state index contributed by atoms with van der Waals surface area (Å²) in [6, 6.07) is 4.36. The second-order valence-electron chi connectivity index (χ2n) is 6.97. The second-order valence-corrected chi connectivity index (χ2v) is 6.97. The first-order valence-electron chi connectivity index (χ1n) is 7.30. The third kappa shape index (κ3) is 3.93. The van der Waals surface area contributed by atoms with E-state index in [1.54, 1.807) is 0 Å². The molecule has 0 bridgehead atoms. The number of pyridine rings is 1. The molecule has 0 aliphatic carbocycles. The highest BCUT2D eigenvalue weighted by molar-refractivity contribution is 5.47. The number of nitrogens with zero attached hydrogens (tertiary/aromatic N) is 2. The zero-order valence-electron chi connectivity index (χ0n) is 12.9. The van der Waals surface area contributed by atoms with Crippen LogP contribution in [0.5, 0.6) is 0 Å². The van der Waals surface area contributed by atoms with E-state index in [9.17, 15) is 0 Å². The van der Waals surface area contributed by atoms with E-state index in [2.05, 4.69) is 62.0 Å². The predicted molar refractivity (Wildman–Crippen MR) is 81.4 cm³/mol. The van der Waals surface area contributed by atoms with E-state index in [0.29, 0.717) is 0 Å². The summed E-state index contributed by atoms with van der Waals surface area (Å²) in [5, 5.41) is 3.49. The molecule has 1 aromatic heterocycles. The Kier molecular flexibility index (Phi) is 4.14. The van der Waals surface area contributed by atoms with Crippen molar-refractivity contribution in [2.24, 2.45) is 11.8 Å². The van der Waals surface area contributed by atoms with Crippen LogP contribution in [0.15, 0.2) is 18.3 Å². The Balaban J connectivity index is 2.03. The van der Waals surface area contributed by atoms with Gasteiger partial charge in [0.05, 0.1) is 5.69 Å². The molecule has 106 valence electrons. The molecule has 2 heterocycles. The molecule has 2 rings (SSSR count). The molecule has 1 aromatic rings. The lowest BCUT2D eigenvalue weighted by molar-refractivity contribution is 0.421. The molecule has 1 aliphatic rings. The quantitative estimate of drug-likeness (QED) is 0.906. The lowest BCUT2D eigenvalue weighted by Gasteiger charge is -2.22. The van der Waals surface area contributed by atoms with E-state index in [1.807, 2.05) is 6.20 Å². The van der Waals surface area contributed by atoms with E-state index >= 15 is 0 Å². The first-order chi connectivity index (χ1) is 8.85. The molecular formula is C16H27N3. The van der Waals surface area contributed by atoms with Gasteiger partial charge in [-0.15, -0.1) is 0 Å². The minimum Gasteiger partial charge on any atom is -0.371 e.